The minimum atomic E-state index is -0.234. The summed E-state index contributed by atoms with van der Waals surface area (Å²) in [5, 5.41) is 0. The summed E-state index contributed by atoms with van der Waals surface area (Å²) < 4.78 is 0. The molecule has 2 aliphatic heterocycles. The first-order valence-corrected chi connectivity index (χ1v) is 7.90. The maximum atomic E-state index is 12.7. The average molecular weight is 316 g/mol. The number of hydrogen-bond acceptors (Lipinski definition) is 2. The molecule has 1 aromatic rings. The lowest BCUT2D eigenvalue weighted by atomic mass is 9.80. The van der Waals surface area contributed by atoms with E-state index in [-0.39, 0.29) is 36.2 Å². The van der Waals surface area contributed by atoms with Crippen molar-refractivity contribution in [1.82, 2.24) is 19.6 Å². The SMILES string of the molecule is C[C@@H]1[C@@H]2[C@@H](N(C)C(=O)N1C)N(C)C(=O)N(C)[C@@H]2c1ccccc1. The zero-order valence-corrected chi connectivity index (χ0v) is 14.3. The summed E-state index contributed by atoms with van der Waals surface area (Å²) in [6.07, 6.45) is -0.234. The van der Waals surface area contributed by atoms with Gasteiger partial charge >= 0.3 is 12.1 Å². The molecule has 0 aromatic heterocycles. The summed E-state index contributed by atoms with van der Waals surface area (Å²) >= 11 is 0. The van der Waals surface area contributed by atoms with E-state index in [1.165, 1.54) is 0 Å². The van der Waals surface area contributed by atoms with Gasteiger partial charge in [-0.1, -0.05) is 30.3 Å². The molecule has 23 heavy (non-hydrogen) atoms. The van der Waals surface area contributed by atoms with Gasteiger partial charge < -0.3 is 19.6 Å². The predicted molar refractivity (Wildman–Crippen MR) is 87.8 cm³/mol. The molecule has 4 amide bonds. The zero-order valence-electron chi connectivity index (χ0n) is 14.3. The first-order valence-electron chi connectivity index (χ1n) is 7.90. The van der Waals surface area contributed by atoms with Crippen molar-refractivity contribution in [2.24, 2.45) is 5.92 Å². The molecule has 2 fully saturated rings. The number of amides is 4. The number of fused-ring (bicyclic) bond motifs is 1. The van der Waals surface area contributed by atoms with Crippen molar-refractivity contribution in [3.63, 3.8) is 0 Å². The van der Waals surface area contributed by atoms with Crippen molar-refractivity contribution < 1.29 is 9.59 Å². The van der Waals surface area contributed by atoms with E-state index in [9.17, 15) is 9.59 Å². The van der Waals surface area contributed by atoms with Gasteiger partial charge in [0.2, 0.25) is 0 Å². The molecule has 0 bridgehead atoms. The van der Waals surface area contributed by atoms with Gasteiger partial charge in [-0.15, -0.1) is 0 Å². The Bertz CT molecular complexity index is 616. The maximum Gasteiger partial charge on any atom is 0.321 e. The molecule has 0 unspecified atom stereocenters. The molecule has 0 radical (unpaired) electrons. The molecule has 0 saturated carbocycles. The number of benzene rings is 1. The van der Waals surface area contributed by atoms with E-state index in [1.54, 1.807) is 33.7 Å². The fraction of sp³-hybridized carbons (Fsp3) is 0.529. The highest BCUT2D eigenvalue weighted by Crippen LogP contribution is 2.43. The van der Waals surface area contributed by atoms with Crippen LogP contribution in [0, 0.1) is 5.92 Å². The minimum absolute atomic E-state index is 0.0342. The van der Waals surface area contributed by atoms with Crippen molar-refractivity contribution in [2.75, 3.05) is 28.2 Å². The summed E-state index contributed by atoms with van der Waals surface area (Å²) in [6, 6.07) is 9.94. The molecule has 6 nitrogen and oxygen atoms in total. The second-order valence-electron chi connectivity index (χ2n) is 6.60. The van der Waals surface area contributed by atoms with Crippen LogP contribution < -0.4 is 0 Å². The van der Waals surface area contributed by atoms with Gasteiger partial charge in [0.25, 0.3) is 0 Å². The topological polar surface area (TPSA) is 47.1 Å². The summed E-state index contributed by atoms with van der Waals surface area (Å²) in [5.74, 6) is 0.109. The summed E-state index contributed by atoms with van der Waals surface area (Å²) in [4.78, 5) is 32.1. The number of carbonyl (C=O) groups excluding carboxylic acids is 2. The molecular formula is C17H24N4O2. The third kappa shape index (κ3) is 2.16. The third-order valence-corrected chi connectivity index (χ3v) is 5.44. The number of rotatable bonds is 1. The van der Waals surface area contributed by atoms with Crippen molar-refractivity contribution in [3.8, 4) is 0 Å². The van der Waals surface area contributed by atoms with E-state index in [0.29, 0.717) is 0 Å². The van der Waals surface area contributed by atoms with Crippen molar-refractivity contribution in [2.45, 2.75) is 25.2 Å². The number of hydrogen-bond donors (Lipinski definition) is 0. The molecule has 2 saturated heterocycles. The molecule has 2 heterocycles. The first kappa shape index (κ1) is 15.6. The van der Waals surface area contributed by atoms with E-state index in [0.717, 1.165) is 5.56 Å². The van der Waals surface area contributed by atoms with Gasteiger partial charge in [-0.3, -0.25) is 0 Å². The molecule has 6 heteroatoms. The fourth-order valence-electron chi connectivity index (χ4n) is 4.08. The van der Waals surface area contributed by atoms with Crippen LogP contribution in [0.5, 0.6) is 0 Å². The molecule has 2 aliphatic rings. The lowest BCUT2D eigenvalue weighted by Gasteiger charge is -2.57. The van der Waals surface area contributed by atoms with E-state index >= 15 is 0 Å². The number of nitrogens with zero attached hydrogens (tertiary/aromatic N) is 4. The molecular weight excluding hydrogens is 292 g/mol. The van der Waals surface area contributed by atoms with E-state index in [4.69, 9.17) is 0 Å². The smallest absolute Gasteiger partial charge is 0.321 e. The molecule has 0 aliphatic carbocycles. The van der Waals surface area contributed by atoms with E-state index < -0.39 is 0 Å². The summed E-state index contributed by atoms with van der Waals surface area (Å²) in [7, 11) is 7.23. The second-order valence-corrected chi connectivity index (χ2v) is 6.60. The Morgan fingerprint density at radius 3 is 1.87 bits per heavy atom. The summed E-state index contributed by atoms with van der Waals surface area (Å²) in [5.41, 5.74) is 1.11. The third-order valence-electron chi connectivity index (χ3n) is 5.44. The first-order chi connectivity index (χ1) is 10.9. The van der Waals surface area contributed by atoms with Crippen LogP contribution in [0.1, 0.15) is 18.5 Å². The van der Waals surface area contributed by atoms with Crippen LogP contribution in [-0.2, 0) is 0 Å². The van der Waals surface area contributed by atoms with Gasteiger partial charge in [-0.25, -0.2) is 9.59 Å². The number of carbonyl (C=O) groups is 2. The lowest BCUT2D eigenvalue weighted by Crippen LogP contribution is -2.71. The standard InChI is InChI=1S/C17H24N4O2/c1-11-13-14(12-9-7-6-8-10-12)19(3)17(23)21(5)15(13)20(4)16(22)18(11)2/h6-11,13-15H,1-5H3/t11-,13+,14-,15+/m1/s1. The van der Waals surface area contributed by atoms with E-state index in [2.05, 4.69) is 19.1 Å². The summed E-state index contributed by atoms with van der Waals surface area (Å²) in [6.45, 7) is 2.07. The largest absolute Gasteiger partial charge is 0.324 e. The fourth-order valence-corrected chi connectivity index (χ4v) is 4.08. The molecule has 0 N–H and O–H groups in total. The van der Waals surface area contributed by atoms with Crippen LogP contribution >= 0.6 is 0 Å². The van der Waals surface area contributed by atoms with Crippen LogP contribution in [0.4, 0.5) is 9.59 Å². The Kier molecular flexibility index (Phi) is 3.70. The van der Waals surface area contributed by atoms with Crippen molar-refractivity contribution in [1.29, 1.82) is 0 Å². The average Bonchev–Trinajstić information content (AvgIpc) is 2.56. The van der Waals surface area contributed by atoms with Gasteiger partial charge in [0.05, 0.1) is 6.04 Å². The molecule has 1 aromatic carbocycles. The Morgan fingerprint density at radius 2 is 1.30 bits per heavy atom. The quantitative estimate of drug-likeness (QED) is 0.796. The molecule has 3 rings (SSSR count). The van der Waals surface area contributed by atoms with Crippen LogP contribution in [0.25, 0.3) is 0 Å². The van der Waals surface area contributed by atoms with Gasteiger partial charge in [0, 0.05) is 40.2 Å². The van der Waals surface area contributed by atoms with Crippen molar-refractivity contribution in [3.05, 3.63) is 35.9 Å². The molecule has 0 spiro atoms. The Balaban J connectivity index is 2.11. The highest BCUT2D eigenvalue weighted by atomic mass is 16.2. The van der Waals surface area contributed by atoms with Crippen LogP contribution in [0.2, 0.25) is 0 Å². The van der Waals surface area contributed by atoms with Gasteiger partial charge in [0.1, 0.15) is 6.17 Å². The minimum Gasteiger partial charge on any atom is -0.324 e. The van der Waals surface area contributed by atoms with Gasteiger partial charge in [-0.2, -0.15) is 0 Å². The van der Waals surface area contributed by atoms with Gasteiger partial charge in [0.15, 0.2) is 0 Å². The lowest BCUT2D eigenvalue weighted by molar-refractivity contribution is -0.0652. The van der Waals surface area contributed by atoms with E-state index in [1.807, 2.05) is 32.3 Å². The highest BCUT2D eigenvalue weighted by molar-refractivity contribution is 5.80. The Labute approximate surface area is 137 Å². The molecule has 124 valence electrons. The predicted octanol–water partition coefficient (Wildman–Crippen LogP) is 2.05. The maximum absolute atomic E-state index is 12.7. The molecule has 4 atom stereocenters. The van der Waals surface area contributed by atoms with Crippen LogP contribution in [0.15, 0.2) is 30.3 Å². The Morgan fingerprint density at radius 1 is 0.783 bits per heavy atom. The zero-order chi connectivity index (χ0) is 16.9. The normalized spacial score (nSPS) is 31.5. The highest BCUT2D eigenvalue weighted by Gasteiger charge is 2.53. The Hall–Kier alpha value is -2.24. The van der Waals surface area contributed by atoms with Gasteiger partial charge in [-0.05, 0) is 12.5 Å². The van der Waals surface area contributed by atoms with Crippen molar-refractivity contribution >= 4 is 12.1 Å². The second kappa shape index (κ2) is 5.44. The monoisotopic (exact) mass is 316 g/mol. The van der Waals surface area contributed by atoms with Crippen LogP contribution in [0.3, 0.4) is 0 Å². The van der Waals surface area contributed by atoms with Crippen LogP contribution in [-0.4, -0.2) is 72.1 Å². The number of urea groups is 2.